The number of allylic oxidation sites excluding steroid dienone is 11. The zero-order valence-corrected chi connectivity index (χ0v) is 30.1. The fourth-order valence-corrected chi connectivity index (χ4v) is 5.81. The van der Waals surface area contributed by atoms with Crippen LogP contribution in [-0.2, 0) is 16.2 Å². The molecule has 0 aliphatic heterocycles. The SMILES string of the molecule is C=C/C=C\C(=C/C)CC1(CC(/C=C\C)=C/C)c2cc(C(C)(C)CC)ccc2-c2ccc(C(C)(C)CC)cc21.C=CC.C=CC. The van der Waals surface area contributed by atoms with Gasteiger partial charge >= 0.3 is 0 Å². The van der Waals surface area contributed by atoms with Gasteiger partial charge in [-0.3, -0.25) is 0 Å². The molecule has 0 bridgehead atoms. The molecule has 0 atom stereocenters. The Bertz CT molecular complexity index is 1290. The summed E-state index contributed by atoms with van der Waals surface area (Å²) in [6, 6.07) is 14.7. The molecule has 1 aliphatic rings. The summed E-state index contributed by atoms with van der Waals surface area (Å²) in [5.41, 5.74) is 11.5. The molecule has 0 unspecified atom stereocenters. The third-order valence-electron chi connectivity index (χ3n) is 9.27. The summed E-state index contributed by atoms with van der Waals surface area (Å²) >= 11 is 0. The Kier molecular flexibility index (Phi) is 15.6. The minimum atomic E-state index is -0.154. The molecule has 0 heteroatoms. The average Bonchev–Trinajstić information content (AvgIpc) is 3.27. The van der Waals surface area contributed by atoms with Crippen molar-refractivity contribution in [2.24, 2.45) is 0 Å². The first-order chi connectivity index (χ1) is 20.9. The minimum Gasteiger partial charge on any atom is -0.103 e. The van der Waals surface area contributed by atoms with Crippen LogP contribution in [-0.4, -0.2) is 0 Å². The van der Waals surface area contributed by atoms with E-state index in [-0.39, 0.29) is 16.2 Å². The van der Waals surface area contributed by atoms with Crippen LogP contribution in [0.15, 0.2) is 122 Å². The van der Waals surface area contributed by atoms with E-state index in [9.17, 15) is 0 Å². The molecule has 1 aliphatic carbocycles. The number of hydrogen-bond donors (Lipinski definition) is 0. The normalized spacial score (nSPS) is 14.2. The summed E-state index contributed by atoms with van der Waals surface area (Å²) in [6.07, 6.45) is 22.9. The van der Waals surface area contributed by atoms with E-state index in [0.29, 0.717) is 0 Å². The quantitative estimate of drug-likeness (QED) is 0.180. The third kappa shape index (κ3) is 9.07. The standard InChI is InChI=1S/C38H50.2C3H6/c1-11-17-19-29(14-4)27-38(26-28(13-3)18-12-2)34-24-30(36(7,8)15-5)20-22-32(34)33-23-21-31(25-35(33)38)37(9,10)16-6;2*1-3-2/h11-14,17-25H,1,15-16,26-27H2,2-10H3;2*3H,1H2,2H3/b18-12-,19-17-,28-13+,29-14+;;. The van der Waals surface area contributed by atoms with E-state index in [2.05, 4.69) is 155 Å². The highest BCUT2D eigenvalue weighted by Gasteiger charge is 2.44. The molecule has 0 saturated carbocycles. The van der Waals surface area contributed by atoms with Gasteiger partial charge in [0.1, 0.15) is 0 Å². The first-order valence-electron chi connectivity index (χ1n) is 16.5. The van der Waals surface area contributed by atoms with E-state index in [0.717, 1.165) is 25.7 Å². The Balaban J connectivity index is 0.00000149. The monoisotopic (exact) mass is 590 g/mol. The minimum absolute atomic E-state index is 0.129. The van der Waals surface area contributed by atoms with Gasteiger partial charge in [-0.2, -0.15) is 0 Å². The number of fused-ring (bicyclic) bond motifs is 3. The second-order valence-corrected chi connectivity index (χ2v) is 13.1. The fraction of sp³-hybridized carbons (Fsp3) is 0.409. The predicted molar refractivity (Wildman–Crippen MR) is 202 cm³/mol. The molecule has 0 fully saturated rings. The van der Waals surface area contributed by atoms with Crippen LogP contribution in [0.1, 0.15) is 124 Å². The smallest absolute Gasteiger partial charge is 0.0295 e. The summed E-state index contributed by atoms with van der Waals surface area (Å²) in [5.74, 6) is 0. The maximum absolute atomic E-state index is 3.94. The Hall–Kier alpha value is -3.38. The highest BCUT2D eigenvalue weighted by molar-refractivity contribution is 5.82. The maximum Gasteiger partial charge on any atom is 0.0295 e. The molecule has 44 heavy (non-hydrogen) atoms. The van der Waals surface area contributed by atoms with Crippen molar-refractivity contribution in [2.45, 2.75) is 118 Å². The highest BCUT2D eigenvalue weighted by Crippen LogP contribution is 2.56. The molecular formula is C44H62. The lowest BCUT2D eigenvalue weighted by atomic mass is 9.67. The second kappa shape index (κ2) is 17.8. The average molecular weight is 591 g/mol. The van der Waals surface area contributed by atoms with E-state index in [1.807, 2.05) is 19.9 Å². The topological polar surface area (TPSA) is 0 Å². The van der Waals surface area contributed by atoms with Gasteiger partial charge in [-0.05, 0) is 105 Å². The largest absolute Gasteiger partial charge is 0.103 e. The van der Waals surface area contributed by atoms with Gasteiger partial charge in [-0.15, -0.1) is 13.2 Å². The molecule has 0 radical (unpaired) electrons. The third-order valence-corrected chi connectivity index (χ3v) is 9.27. The first-order valence-corrected chi connectivity index (χ1v) is 16.5. The van der Waals surface area contributed by atoms with Crippen LogP contribution >= 0.6 is 0 Å². The lowest BCUT2D eigenvalue weighted by Gasteiger charge is -2.36. The van der Waals surface area contributed by atoms with Crippen molar-refractivity contribution in [3.63, 3.8) is 0 Å². The van der Waals surface area contributed by atoms with Crippen molar-refractivity contribution >= 4 is 0 Å². The number of hydrogen-bond acceptors (Lipinski definition) is 0. The van der Waals surface area contributed by atoms with Gasteiger partial charge in [-0.1, -0.05) is 150 Å². The van der Waals surface area contributed by atoms with Crippen LogP contribution in [0.2, 0.25) is 0 Å². The van der Waals surface area contributed by atoms with Crippen molar-refractivity contribution in [1.82, 2.24) is 0 Å². The molecule has 2 aromatic carbocycles. The van der Waals surface area contributed by atoms with Gasteiger partial charge in [0, 0.05) is 5.41 Å². The summed E-state index contributed by atoms with van der Waals surface area (Å²) in [6.45, 7) is 35.0. The molecule has 0 spiro atoms. The zero-order valence-electron chi connectivity index (χ0n) is 30.1. The lowest BCUT2D eigenvalue weighted by molar-refractivity contribution is 0.490. The van der Waals surface area contributed by atoms with Crippen molar-refractivity contribution in [2.75, 3.05) is 0 Å². The molecule has 0 aromatic heterocycles. The number of benzene rings is 2. The van der Waals surface area contributed by atoms with Crippen molar-refractivity contribution in [3.05, 3.63) is 144 Å². The van der Waals surface area contributed by atoms with Crippen LogP contribution in [0.3, 0.4) is 0 Å². The van der Waals surface area contributed by atoms with Crippen LogP contribution in [0.4, 0.5) is 0 Å². The van der Waals surface area contributed by atoms with E-state index in [1.54, 1.807) is 12.2 Å². The van der Waals surface area contributed by atoms with Gasteiger partial charge in [0.05, 0.1) is 0 Å². The Labute approximate surface area is 272 Å². The summed E-state index contributed by atoms with van der Waals surface area (Å²) in [4.78, 5) is 0. The zero-order chi connectivity index (χ0) is 33.6. The predicted octanol–water partition coefficient (Wildman–Crippen LogP) is 13.7. The Morgan fingerprint density at radius 2 is 1.05 bits per heavy atom. The van der Waals surface area contributed by atoms with Gasteiger partial charge in [-0.25, -0.2) is 0 Å². The van der Waals surface area contributed by atoms with Crippen molar-refractivity contribution < 1.29 is 0 Å². The van der Waals surface area contributed by atoms with Gasteiger partial charge in [0.25, 0.3) is 0 Å². The molecule has 0 saturated heterocycles. The van der Waals surface area contributed by atoms with Crippen molar-refractivity contribution in [3.8, 4) is 11.1 Å². The molecule has 0 N–H and O–H groups in total. The highest BCUT2D eigenvalue weighted by atomic mass is 14.5. The van der Waals surface area contributed by atoms with Crippen LogP contribution in [0, 0.1) is 0 Å². The molecule has 0 amide bonds. The van der Waals surface area contributed by atoms with E-state index < -0.39 is 0 Å². The Morgan fingerprint density at radius 3 is 1.36 bits per heavy atom. The fourth-order valence-electron chi connectivity index (χ4n) is 5.81. The molecule has 0 nitrogen and oxygen atoms in total. The van der Waals surface area contributed by atoms with Gasteiger partial charge in [0.2, 0.25) is 0 Å². The van der Waals surface area contributed by atoms with Gasteiger partial charge in [0.15, 0.2) is 0 Å². The van der Waals surface area contributed by atoms with E-state index in [4.69, 9.17) is 0 Å². The molecule has 3 rings (SSSR count). The molecule has 2 aromatic rings. The summed E-state index contributed by atoms with van der Waals surface area (Å²) < 4.78 is 0. The van der Waals surface area contributed by atoms with E-state index in [1.165, 1.54) is 44.5 Å². The summed E-state index contributed by atoms with van der Waals surface area (Å²) in [7, 11) is 0. The van der Waals surface area contributed by atoms with Crippen LogP contribution in [0.5, 0.6) is 0 Å². The second-order valence-electron chi connectivity index (χ2n) is 13.1. The molecule has 238 valence electrons. The first kappa shape index (κ1) is 38.6. The van der Waals surface area contributed by atoms with Crippen molar-refractivity contribution in [1.29, 1.82) is 0 Å². The van der Waals surface area contributed by atoms with Gasteiger partial charge < -0.3 is 0 Å². The van der Waals surface area contributed by atoms with E-state index >= 15 is 0 Å². The number of rotatable bonds is 11. The molecule has 0 heterocycles. The maximum atomic E-state index is 3.94. The van der Waals surface area contributed by atoms with Crippen LogP contribution in [0.25, 0.3) is 11.1 Å². The Morgan fingerprint density at radius 1 is 0.659 bits per heavy atom. The molecular weight excluding hydrogens is 528 g/mol. The summed E-state index contributed by atoms with van der Waals surface area (Å²) in [5, 5.41) is 0. The lowest BCUT2D eigenvalue weighted by Crippen LogP contribution is -2.28. The van der Waals surface area contributed by atoms with Crippen LogP contribution < -0.4 is 0 Å².